The molecule has 0 fully saturated rings. The number of aromatic hydroxyl groups is 2. The highest BCUT2D eigenvalue weighted by Gasteiger charge is 2.22. The van der Waals surface area contributed by atoms with Crippen LogP contribution >= 0.6 is 11.3 Å². The van der Waals surface area contributed by atoms with Crippen molar-refractivity contribution in [2.75, 3.05) is 11.9 Å². The van der Waals surface area contributed by atoms with E-state index < -0.39 is 44.7 Å². The van der Waals surface area contributed by atoms with Gasteiger partial charge in [0.15, 0.2) is 23.2 Å². The molecule has 0 aliphatic rings. The summed E-state index contributed by atoms with van der Waals surface area (Å²) >= 11 is 0.641. The van der Waals surface area contributed by atoms with Gasteiger partial charge in [-0.15, -0.1) is 0 Å². The van der Waals surface area contributed by atoms with Crippen molar-refractivity contribution in [2.45, 2.75) is 9.10 Å². The zero-order valence-corrected chi connectivity index (χ0v) is 17.4. The Balaban J connectivity index is 1.62. The van der Waals surface area contributed by atoms with Crippen LogP contribution in [0.1, 0.15) is 10.4 Å². The summed E-state index contributed by atoms with van der Waals surface area (Å²) in [4.78, 5) is 37.5. The first-order chi connectivity index (χ1) is 15.1. The van der Waals surface area contributed by atoms with Gasteiger partial charge in [0, 0.05) is 12.1 Å². The summed E-state index contributed by atoms with van der Waals surface area (Å²) in [5.74, 6) is -2.69. The molecule has 0 radical (unpaired) electrons. The third-order valence-electron chi connectivity index (χ3n) is 3.90. The number of nitro groups is 1. The van der Waals surface area contributed by atoms with Crippen LogP contribution in [0, 0.1) is 10.1 Å². The number of amides is 1. The average molecular weight is 479 g/mol. The molecular weight excluding hydrogens is 466 g/mol. The molecule has 0 saturated heterocycles. The highest BCUT2D eigenvalue weighted by molar-refractivity contribution is 7.93. The van der Waals surface area contributed by atoms with Gasteiger partial charge >= 0.3 is 5.97 Å². The molecule has 2 aromatic carbocycles. The number of anilines is 1. The van der Waals surface area contributed by atoms with E-state index in [1.165, 1.54) is 6.07 Å². The Morgan fingerprint density at radius 2 is 1.81 bits per heavy atom. The van der Waals surface area contributed by atoms with Crippen molar-refractivity contribution in [3.8, 4) is 11.5 Å². The number of esters is 1. The van der Waals surface area contributed by atoms with Gasteiger partial charge in [0.05, 0.1) is 21.6 Å². The van der Waals surface area contributed by atoms with Crippen LogP contribution < -0.4 is 5.32 Å². The van der Waals surface area contributed by atoms with Crippen molar-refractivity contribution in [2.24, 2.45) is 0 Å². The summed E-state index contributed by atoms with van der Waals surface area (Å²) in [6.45, 7) is -0.718. The van der Waals surface area contributed by atoms with E-state index in [0.717, 1.165) is 42.6 Å². The number of nitrogens with one attached hydrogen (secondary N) is 1. The highest BCUT2D eigenvalue weighted by atomic mass is 32.2. The van der Waals surface area contributed by atoms with Crippen LogP contribution in [0.25, 0.3) is 0 Å². The lowest BCUT2D eigenvalue weighted by Gasteiger charge is -2.05. The zero-order chi connectivity index (χ0) is 23.5. The van der Waals surface area contributed by atoms with E-state index in [1.807, 2.05) is 0 Å². The van der Waals surface area contributed by atoms with Gasteiger partial charge in [-0.2, -0.15) is 0 Å². The number of sulfone groups is 1. The van der Waals surface area contributed by atoms with Crippen LogP contribution in [0.4, 0.5) is 10.8 Å². The molecule has 0 spiro atoms. The SMILES string of the molecule is O=C(COC(=O)c1ccc(O)c(O)c1)Nc1ncc(S(=O)(=O)c2ccc([N+](=O)[O-])cc2)s1. The maximum atomic E-state index is 12.6. The number of nitro benzene ring substituents is 1. The minimum atomic E-state index is -4.01. The Bertz CT molecular complexity index is 1300. The summed E-state index contributed by atoms with van der Waals surface area (Å²) in [7, 11) is -4.01. The number of non-ortho nitro benzene ring substituents is 1. The lowest BCUT2D eigenvalue weighted by Crippen LogP contribution is -2.20. The molecule has 1 amide bonds. The lowest BCUT2D eigenvalue weighted by atomic mass is 10.2. The molecule has 3 aromatic rings. The van der Waals surface area contributed by atoms with Crippen molar-refractivity contribution in [3.05, 3.63) is 64.3 Å². The minimum absolute atomic E-state index is 0.0752. The molecule has 14 heteroatoms. The number of ether oxygens (including phenoxy) is 1. The lowest BCUT2D eigenvalue weighted by molar-refractivity contribution is -0.384. The van der Waals surface area contributed by atoms with Gasteiger partial charge in [0.1, 0.15) is 4.21 Å². The third kappa shape index (κ3) is 4.98. The van der Waals surface area contributed by atoms with Crippen LogP contribution in [-0.4, -0.2) is 47.0 Å². The molecular formula is C18H13N3O9S2. The molecule has 0 unspecified atom stereocenters. The van der Waals surface area contributed by atoms with Gasteiger partial charge in [-0.1, -0.05) is 11.3 Å². The molecule has 0 atom stereocenters. The van der Waals surface area contributed by atoms with Crippen molar-refractivity contribution in [1.82, 2.24) is 4.98 Å². The minimum Gasteiger partial charge on any atom is -0.504 e. The molecule has 0 saturated carbocycles. The predicted molar refractivity (Wildman–Crippen MR) is 109 cm³/mol. The molecule has 3 rings (SSSR count). The number of carbonyl (C=O) groups excluding carboxylic acids is 2. The van der Waals surface area contributed by atoms with Crippen molar-refractivity contribution >= 4 is 43.9 Å². The Morgan fingerprint density at radius 1 is 1.12 bits per heavy atom. The van der Waals surface area contributed by atoms with Gasteiger partial charge in [0.2, 0.25) is 9.84 Å². The summed E-state index contributed by atoms with van der Waals surface area (Å²) in [5, 5.41) is 31.5. The van der Waals surface area contributed by atoms with Gasteiger partial charge in [-0.25, -0.2) is 18.2 Å². The Hall–Kier alpha value is -4.04. The second kappa shape index (κ2) is 8.99. The van der Waals surface area contributed by atoms with Gasteiger partial charge in [-0.05, 0) is 30.3 Å². The predicted octanol–water partition coefficient (Wildman–Crippen LogP) is 2.09. The van der Waals surface area contributed by atoms with Crippen LogP contribution in [0.15, 0.2) is 57.8 Å². The molecule has 3 N–H and O–H groups in total. The fourth-order valence-electron chi connectivity index (χ4n) is 2.32. The van der Waals surface area contributed by atoms with E-state index in [-0.39, 0.29) is 25.5 Å². The number of phenols is 2. The van der Waals surface area contributed by atoms with Crippen LogP contribution in [-0.2, 0) is 19.4 Å². The second-order valence-electron chi connectivity index (χ2n) is 6.07. The Labute approximate surface area is 183 Å². The molecule has 32 heavy (non-hydrogen) atoms. The van der Waals surface area contributed by atoms with E-state index in [0.29, 0.717) is 11.3 Å². The molecule has 166 valence electrons. The first kappa shape index (κ1) is 22.6. The number of nitrogens with zero attached hydrogens (tertiary/aromatic N) is 2. The Morgan fingerprint density at radius 3 is 2.44 bits per heavy atom. The van der Waals surface area contributed by atoms with Crippen LogP contribution in [0.5, 0.6) is 11.5 Å². The summed E-state index contributed by atoms with van der Waals surface area (Å²) < 4.78 is 29.8. The Kier molecular flexibility index (Phi) is 6.36. The largest absolute Gasteiger partial charge is 0.504 e. The molecule has 0 aliphatic carbocycles. The monoisotopic (exact) mass is 479 g/mol. The standard InChI is InChI=1S/C18H13N3O9S2/c22-13-6-1-10(7-14(13)23)17(25)30-9-15(24)20-18-19-8-16(31-18)32(28,29)12-4-2-11(3-5-12)21(26)27/h1-8,22-23H,9H2,(H,19,20,24). The number of rotatable bonds is 7. The number of carbonyl (C=O) groups is 2. The van der Waals surface area contributed by atoms with E-state index in [9.17, 15) is 38.3 Å². The fourth-order valence-corrected chi connectivity index (χ4v) is 4.77. The molecule has 12 nitrogen and oxygen atoms in total. The first-order valence-corrected chi connectivity index (χ1v) is 10.8. The summed E-state index contributed by atoms with van der Waals surface area (Å²) in [6.07, 6.45) is 1.02. The fraction of sp³-hybridized carbons (Fsp3) is 0.0556. The average Bonchev–Trinajstić information content (AvgIpc) is 3.23. The van der Waals surface area contributed by atoms with E-state index in [1.54, 1.807) is 0 Å². The summed E-state index contributed by atoms with van der Waals surface area (Å²) in [5.41, 5.74) is -0.364. The molecule has 0 bridgehead atoms. The van der Waals surface area contributed by atoms with Crippen molar-refractivity contribution in [1.29, 1.82) is 0 Å². The first-order valence-electron chi connectivity index (χ1n) is 8.52. The van der Waals surface area contributed by atoms with E-state index >= 15 is 0 Å². The number of thiazole rings is 1. The number of benzene rings is 2. The maximum absolute atomic E-state index is 12.6. The van der Waals surface area contributed by atoms with Gasteiger partial charge < -0.3 is 14.9 Å². The third-order valence-corrected chi connectivity index (χ3v) is 7.04. The van der Waals surface area contributed by atoms with Crippen molar-refractivity contribution < 1.29 is 37.9 Å². The number of phenolic OH excluding ortho intramolecular Hbond substituents is 2. The quantitative estimate of drug-likeness (QED) is 0.196. The number of hydrogen-bond donors (Lipinski definition) is 3. The zero-order valence-electron chi connectivity index (χ0n) is 15.8. The normalized spacial score (nSPS) is 11.0. The van der Waals surface area contributed by atoms with Crippen LogP contribution in [0.3, 0.4) is 0 Å². The number of aromatic nitrogens is 1. The van der Waals surface area contributed by atoms with Crippen molar-refractivity contribution in [3.63, 3.8) is 0 Å². The topological polar surface area (TPSA) is 186 Å². The highest BCUT2D eigenvalue weighted by Crippen LogP contribution is 2.29. The smallest absolute Gasteiger partial charge is 0.338 e. The molecule has 1 aromatic heterocycles. The molecule has 0 aliphatic heterocycles. The maximum Gasteiger partial charge on any atom is 0.338 e. The summed E-state index contributed by atoms with van der Waals surface area (Å²) in [6, 6.07) is 7.52. The van der Waals surface area contributed by atoms with Gasteiger partial charge in [0.25, 0.3) is 11.6 Å². The van der Waals surface area contributed by atoms with E-state index in [2.05, 4.69) is 10.3 Å². The van der Waals surface area contributed by atoms with Crippen LogP contribution in [0.2, 0.25) is 0 Å². The van der Waals surface area contributed by atoms with E-state index in [4.69, 9.17) is 4.74 Å². The van der Waals surface area contributed by atoms with Gasteiger partial charge in [-0.3, -0.25) is 20.2 Å². The molecule has 1 heterocycles. The number of hydrogen-bond acceptors (Lipinski definition) is 11. The second-order valence-corrected chi connectivity index (χ2v) is 9.27.